The van der Waals surface area contributed by atoms with Gasteiger partial charge in [0.25, 0.3) is 15.9 Å². The summed E-state index contributed by atoms with van der Waals surface area (Å²) in [6.45, 7) is 1.92. The van der Waals surface area contributed by atoms with Crippen LogP contribution in [-0.4, -0.2) is 43.4 Å². The topological polar surface area (TPSA) is 62.6 Å². The standard InChI is InChI=1S/C19H23N3O3S/c1-20-14-16(13-18(20)19(23)21-10-5-2-6-11-21)26(24,25)22-12-9-15-7-3-4-8-17(15)22/h3-4,7-8,13-14H,2,5-6,9-12H2,1H3. The van der Waals surface area contributed by atoms with Gasteiger partial charge in [0.2, 0.25) is 0 Å². The summed E-state index contributed by atoms with van der Waals surface area (Å²) in [5.41, 5.74) is 2.20. The smallest absolute Gasteiger partial charge is 0.270 e. The lowest BCUT2D eigenvalue weighted by Gasteiger charge is -2.26. The number of amides is 1. The van der Waals surface area contributed by atoms with Gasteiger partial charge >= 0.3 is 0 Å². The van der Waals surface area contributed by atoms with Gasteiger partial charge in [-0.05, 0) is 43.4 Å². The zero-order valence-electron chi connectivity index (χ0n) is 14.9. The number of anilines is 1. The van der Waals surface area contributed by atoms with Crippen molar-refractivity contribution in [2.24, 2.45) is 7.05 Å². The molecule has 138 valence electrons. The van der Waals surface area contributed by atoms with E-state index < -0.39 is 10.0 Å². The van der Waals surface area contributed by atoms with Crippen LogP contribution in [0, 0.1) is 0 Å². The summed E-state index contributed by atoms with van der Waals surface area (Å²) in [5.74, 6) is -0.0875. The second-order valence-corrected chi connectivity index (χ2v) is 8.84. The van der Waals surface area contributed by atoms with E-state index in [4.69, 9.17) is 0 Å². The Hall–Kier alpha value is -2.28. The molecule has 3 heterocycles. The number of piperidine rings is 1. The van der Waals surface area contributed by atoms with Crippen LogP contribution in [0.1, 0.15) is 35.3 Å². The molecule has 1 amide bonds. The van der Waals surface area contributed by atoms with Gasteiger partial charge in [0.15, 0.2) is 0 Å². The van der Waals surface area contributed by atoms with Gasteiger partial charge in [-0.1, -0.05) is 18.2 Å². The first-order valence-corrected chi connectivity index (χ1v) is 10.5. The summed E-state index contributed by atoms with van der Waals surface area (Å²) in [4.78, 5) is 14.8. The molecule has 1 fully saturated rings. The molecule has 2 aliphatic heterocycles. The number of carbonyl (C=O) groups excluding carboxylic acids is 1. The first-order valence-electron chi connectivity index (χ1n) is 9.05. The normalized spacial score (nSPS) is 17.4. The van der Waals surface area contributed by atoms with E-state index in [-0.39, 0.29) is 10.8 Å². The molecule has 0 unspecified atom stereocenters. The Morgan fingerprint density at radius 3 is 2.54 bits per heavy atom. The molecule has 2 aromatic rings. The van der Waals surface area contributed by atoms with Crippen molar-refractivity contribution in [3.05, 3.63) is 47.8 Å². The minimum absolute atomic E-state index is 0.0875. The summed E-state index contributed by atoms with van der Waals surface area (Å²) in [7, 11) is -1.95. The third-order valence-electron chi connectivity index (χ3n) is 5.27. The highest BCUT2D eigenvalue weighted by Crippen LogP contribution is 2.33. The van der Waals surface area contributed by atoms with Crippen LogP contribution in [0.3, 0.4) is 0 Å². The van der Waals surface area contributed by atoms with E-state index >= 15 is 0 Å². The molecule has 0 atom stereocenters. The minimum Gasteiger partial charge on any atom is -0.345 e. The highest BCUT2D eigenvalue weighted by atomic mass is 32.2. The average Bonchev–Trinajstić information content (AvgIpc) is 3.26. The number of rotatable bonds is 3. The van der Waals surface area contributed by atoms with E-state index in [1.54, 1.807) is 17.8 Å². The van der Waals surface area contributed by atoms with Crippen LogP contribution in [-0.2, 0) is 23.5 Å². The molecule has 7 heteroatoms. The molecular weight excluding hydrogens is 350 g/mol. The number of aromatic nitrogens is 1. The number of carbonyl (C=O) groups is 1. The molecule has 1 saturated heterocycles. The average molecular weight is 373 g/mol. The number of hydrogen-bond acceptors (Lipinski definition) is 3. The number of fused-ring (bicyclic) bond motifs is 1. The summed E-state index contributed by atoms with van der Waals surface area (Å²) in [5, 5.41) is 0. The number of nitrogens with zero attached hydrogens (tertiary/aromatic N) is 3. The Balaban J connectivity index is 1.65. The van der Waals surface area contributed by atoms with Crippen LogP contribution in [0.5, 0.6) is 0 Å². The second-order valence-electron chi connectivity index (χ2n) is 6.98. The molecule has 1 aromatic carbocycles. The molecule has 0 saturated carbocycles. The zero-order valence-corrected chi connectivity index (χ0v) is 15.7. The number of hydrogen-bond donors (Lipinski definition) is 0. The van der Waals surface area contributed by atoms with E-state index in [0.29, 0.717) is 18.7 Å². The summed E-state index contributed by atoms with van der Waals surface area (Å²) < 4.78 is 29.4. The van der Waals surface area contributed by atoms with E-state index in [9.17, 15) is 13.2 Å². The molecule has 2 aliphatic rings. The van der Waals surface area contributed by atoms with Crippen molar-refractivity contribution in [1.29, 1.82) is 0 Å². The van der Waals surface area contributed by atoms with Gasteiger partial charge < -0.3 is 9.47 Å². The fourth-order valence-electron chi connectivity index (χ4n) is 3.83. The lowest BCUT2D eigenvalue weighted by molar-refractivity contribution is 0.0714. The van der Waals surface area contributed by atoms with E-state index in [1.807, 2.05) is 29.2 Å². The Kier molecular flexibility index (Phi) is 4.26. The van der Waals surface area contributed by atoms with Gasteiger partial charge in [0.1, 0.15) is 10.6 Å². The SMILES string of the molecule is Cn1cc(S(=O)(=O)N2CCc3ccccc32)cc1C(=O)N1CCCCC1. The van der Waals surface area contributed by atoms with Crippen molar-refractivity contribution in [1.82, 2.24) is 9.47 Å². The third kappa shape index (κ3) is 2.80. The van der Waals surface area contributed by atoms with Crippen LogP contribution in [0.15, 0.2) is 41.4 Å². The Morgan fingerprint density at radius 1 is 1.04 bits per heavy atom. The van der Waals surface area contributed by atoms with Crippen LogP contribution >= 0.6 is 0 Å². The monoisotopic (exact) mass is 373 g/mol. The zero-order chi connectivity index (χ0) is 18.3. The number of aryl methyl sites for hydroxylation is 1. The van der Waals surface area contributed by atoms with Gasteiger partial charge in [0, 0.05) is 32.9 Å². The second kappa shape index (κ2) is 6.46. The number of benzene rings is 1. The van der Waals surface area contributed by atoms with Crippen molar-refractivity contribution in [2.45, 2.75) is 30.6 Å². The summed E-state index contributed by atoms with van der Waals surface area (Å²) >= 11 is 0. The predicted octanol–water partition coefficient (Wildman–Crippen LogP) is 2.40. The maximum Gasteiger partial charge on any atom is 0.270 e. The van der Waals surface area contributed by atoms with Crippen molar-refractivity contribution in [3.8, 4) is 0 Å². The Labute approximate surface area is 154 Å². The lowest BCUT2D eigenvalue weighted by atomic mass is 10.1. The minimum atomic E-state index is -3.68. The maximum absolute atomic E-state index is 13.1. The quantitative estimate of drug-likeness (QED) is 0.830. The summed E-state index contributed by atoms with van der Waals surface area (Å²) in [6, 6.07) is 9.09. The highest BCUT2D eigenvalue weighted by molar-refractivity contribution is 7.92. The van der Waals surface area contributed by atoms with Gasteiger partial charge in [-0.15, -0.1) is 0 Å². The fourth-order valence-corrected chi connectivity index (χ4v) is 5.41. The van der Waals surface area contributed by atoms with E-state index in [2.05, 4.69) is 0 Å². The molecule has 6 nitrogen and oxygen atoms in total. The molecule has 1 aromatic heterocycles. The fraction of sp³-hybridized carbons (Fsp3) is 0.421. The van der Waals surface area contributed by atoms with Crippen molar-refractivity contribution >= 4 is 21.6 Å². The molecule has 4 rings (SSSR count). The number of para-hydroxylation sites is 1. The molecule has 0 radical (unpaired) electrons. The van der Waals surface area contributed by atoms with Gasteiger partial charge in [-0.25, -0.2) is 8.42 Å². The molecular formula is C19H23N3O3S. The number of likely N-dealkylation sites (tertiary alicyclic amines) is 1. The first kappa shape index (κ1) is 17.1. The molecule has 26 heavy (non-hydrogen) atoms. The molecule has 0 bridgehead atoms. The van der Waals surface area contributed by atoms with E-state index in [1.165, 1.54) is 10.4 Å². The Morgan fingerprint density at radius 2 is 1.77 bits per heavy atom. The van der Waals surface area contributed by atoms with Crippen molar-refractivity contribution < 1.29 is 13.2 Å². The molecule has 0 spiro atoms. The lowest BCUT2D eigenvalue weighted by Crippen LogP contribution is -2.36. The molecule has 0 aliphatic carbocycles. The van der Waals surface area contributed by atoms with Gasteiger partial charge in [-0.2, -0.15) is 0 Å². The van der Waals surface area contributed by atoms with Gasteiger partial charge in [0.05, 0.1) is 5.69 Å². The van der Waals surface area contributed by atoms with E-state index in [0.717, 1.165) is 43.6 Å². The van der Waals surface area contributed by atoms with Crippen LogP contribution < -0.4 is 4.31 Å². The third-order valence-corrected chi connectivity index (χ3v) is 7.05. The van der Waals surface area contributed by atoms with Gasteiger partial charge in [-0.3, -0.25) is 9.10 Å². The predicted molar refractivity (Wildman–Crippen MR) is 99.8 cm³/mol. The van der Waals surface area contributed by atoms with Crippen LogP contribution in [0.25, 0.3) is 0 Å². The van der Waals surface area contributed by atoms with Crippen molar-refractivity contribution in [3.63, 3.8) is 0 Å². The molecule has 0 N–H and O–H groups in total. The maximum atomic E-state index is 13.1. The van der Waals surface area contributed by atoms with Crippen molar-refractivity contribution in [2.75, 3.05) is 23.9 Å². The van der Waals surface area contributed by atoms with Crippen LogP contribution in [0.4, 0.5) is 5.69 Å². The summed E-state index contributed by atoms with van der Waals surface area (Å²) in [6.07, 6.45) is 5.41. The first-order chi connectivity index (χ1) is 12.5. The van der Waals surface area contributed by atoms with Crippen LogP contribution in [0.2, 0.25) is 0 Å². The number of sulfonamides is 1. The largest absolute Gasteiger partial charge is 0.345 e. The Bertz CT molecular complexity index is 943. The highest BCUT2D eigenvalue weighted by Gasteiger charge is 2.32.